The van der Waals surface area contributed by atoms with Crippen LogP contribution in [-0.2, 0) is 4.74 Å². The van der Waals surface area contributed by atoms with Crippen molar-refractivity contribution >= 4 is 0 Å². The molecule has 4 heteroatoms. The lowest BCUT2D eigenvalue weighted by molar-refractivity contribution is 0.132. The summed E-state index contributed by atoms with van der Waals surface area (Å²) in [7, 11) is 0. The highest BCUT2D eigenvalue weighted by Gasteiger charge is 2.52. The highest BCUT2D eigenvalue weighted by molar-refractivity contribution is 5.33. The average molecular weight is 212 g/mol. The predicted octanol–water partition coefficient (Wildman–Crippen LogP) is -0.257. The smallest absolute Gasteiger partial charge is 0.117 e. The molecule has 1 heterocycles. The zero-order chi connectivity index (χ0) is 11.2. The Hall–Kier alpha value is -0.680. The number of epoxide rings is 1. The first-order valence-corrected chi connectivity index (χ1v) is 5.03. The molecule has 1 aliphatic heterocycles. The van der Waals surface area contributed by atoms with Crippen LogP contribution in [0.3, 0.4) is 0 Å². The van der Waals surface area contributed by atoms with E-state index < -0.39 is 17.8 Å². The van der Waals surface area contributed by atoms with Crippen molar-refractivity contribution in [1.29, 1.82) is 0 Å². The minimum absolute atomic E-state index is 0.251. The third-order valence-corrected chi connectivity index (χ3v) is 2.60. The summed E-state index contributed by atoms with van der Waals surface area (Å²) in [6, 6.07) is 0. The maximum atomic E-state index is 9.76. The van der Waals surface area contributed by atoms with Gasteiger partial charge in [-0.25, -0.2) is 0 Å². The van der Waals surface area contributed by atoms with E-state index in [9.17, 15) is 15.3 Å². The molecule has 2 rings (SSSR count). The van der Waals surface area contributed by atoms with Crippen molar-refractivity contribution in [3.8, 4) is 0 Å². The Morgan fingerprint density at radius 2 is 2.00 bits per heavy atom. The second-order valence-corrected chi connectivity index (χ2v) is 4.65. The molecule has 2 aliphatic rings. The molecule has 4 nitrogen and oxygen atoms in total. The lowest BCUT2D eigenvalue weighted by atomic mass is 9.93. The SMILES string of the molecule is CC(C)(O)/C=C/C1=C[C@@H](O)[C@@H]2O[C@@H]2[C@H]1O. The van der Waals surface area contributed by atoms with Crippen LogP contribution in [0.5, 0.6) is 0 Å². The van der Waals surface area contributed by atoms with Crippen LogP contribution in [0.15, 0.2) is 23.8 Å². The zero-order valence-corrected chi connectivity index (χ0v) is 8.79. The largest absolute Gasteiger partial charge is 0.386 e. The number of fused-ring (bicyclic) bond motifs is 1. The Balaban J connectivity index is 2.12. The van der Waals surface area contributed by atoms with Gasteiger partial charge in [-0.2, -0.15) is 0 Å². The van der Waals surface area contributed by atoms with Gasteiger partial charge in [0.05, 0.1) is 5.60 Å². The van der Waals surface area contributed by atoms with Gasteiger partial charge in [-0.15, -0.1) is 0 Å². The first-order valence-electron chi connectivity index (χ1n) is 5.03. The summed E-state index contributed by atoms with van der Waals surface area (Å²) in [4.78, 5) is 0. The van der Waals surface area contributed by atoms with Crippen LogP contribution >= 0.6 is 0 Å². The van der Waals surface area contributed by atoms with Gasteiger partial charge in [0.1, 0.15) is 24.4 Å². The van der Waals surface area contributed by atoms with E-state index in [1.165, 1.54) is 0 Å². The predicted molar refractivity (Wildman–Crippen MR) is 54.2 cm³/mol. The van der Waals surface area contributed by atoms with Crippen molar-refractivity contribution < 1.29 is 20.1 Å². The minimum atomic E-state index is -0.924. The van der Waals surface area contributed by atoms with Gasteiger partial charge < -0.3 is 20.1 Å². The second kappa shape index (κ2) is 3.42. The van der Waals surface area contributed by atoms with Gasteiger partial charge in [0, 0.05) is 0 Å². The van der Waals surface area contributed by atoms with Crippen LogP contribution < -0.4 is 0 Å². The molecule has 0 saturated carbocycles. The van der Waals surface area contributed by atoms with Crippen molar-refractivity contribution in [2.45, 2.75) is 43.9 Å². The van der Waals surface area contributed by atoms with Gasteiger partial charge in [0.2, 0.25) is 0 Å². The molecule has 1 aliphatic carbocycles. The summed E-state index contributed by atoms with van der Waals surface area (Å²) in [6.07, 6.45) is 2.90. The third kappa shape index (κ3) is 2.29. The van der Waals surface area contributed by atoms with E-state index in [1.807, 2.05) is 0 Å². The highest BCUT2D eigenvalue weighted by Crippen LogP contribution is 2.37. The topological polar surface area (TPSA) is 73.2 Å². The molecule has 4 atom stereocenters. The molecule has 0 aromatic rings. The molecule has 15 heavy (non-hydrogen) atoms. The lowest BCUT2D eigenvalue weighted by Crippen LogP contribution is -2.30. The van der Waals surface area contributed by atoms with E-state index in [0.29, 0.717) is 5.57 Å². The second-order valence-electron chi connectivity index (χ2n) is 4.65. The lowest BCUT2D eigenvalue weighted by Gasteiger charge is -2.18. The Morgan fingerprint density at radius 3 is 2.60 bits per heavy atom. The average Bonchev–Trinajstić information content (AvgIpc) is 2.87. The fraction of sp³-hybridized carbons (Fsp3) is 0.636. The zero-order valence-electron chi connectivity index (χ0n) is 8.79. The van der Waals surface area contributed by atoms with Crippen LogP contribution in [0.25, 0.3) is 0 Å². The summed E-state index contributed by atoms with van der Waals surface area (Å²) in [5.41, 5.74) is -0.323. The fourth-order valence-corrected chi connectivity index (χ4v) is 1.70. The fourth-order valence-electron chi connectivity index (χ4n) is 1.70. The molecular formula is C11H16O4. The van der Waals surface area contributed by atoms with Crippen LogP contribution in [0.4, 0.5) is 0 Å². The Bertz CT molecular complexity index is 313. The van der Waals surface area contributed by atoms with Crippen molar-refractivity contribution in [3.63, 3.8) is 0 Å². The van der Waals surface area contributed by atoms with Crippen LogP contribution in [0.2, 0.25) is 0 Å². The van der Waals surface area contributed by atoms with E-state index in [1.54, 1.807) is 32.1 Å². The maximum absolute atomic E-state index is 9.76. The van der Waals surface area contributed by atoms with Gasteiger partial charge in [-0.1, -0.05) is 12.2 Å². The van der Waals surface area contributed by atoms with E-state index >= 15 is 0 Å². The number of hydrogen-bond donors (Lipinski definition) is 3. The molecule has 0 aromatic heterocycles. The van der Waals surface area contributed by atoms with Gasteiger partial charge in [0.15, 0.2) is 0 Å². The molecule has 0 radical (unpaired) electrons. The summed E-state index contributed by atoms with van der Waals surface area (Å²) >= 11 is 0. The summed E-state index contributed by atoms with van der Waals surface area (Å²) in [5, 5.41) is 28.8. The van der Waals surface area contributed by atoms with E-state index in [-0.39, 0.29) is 12.2 Å². The Morgan fingerprint density at radius 1 is 1.33 bits per heavy atom. The molecule has 0 spiro atoms. The van der Waals surface area contributed by atoms with Crippen molar-refractivity contribution in [2.75, 3.05) is 0 Å². The van der Waals surface area contributed by atoms with E-state index in [0.717, 1.165) is 0 Å². The summed E-state index contributed by atoms with van der Waals surface area (Å²) in [5.74, 6) is 0. The number of aliphatic hydroxyl groups excluding tert-OH is 2. The van der Waals surface area contributed by atoms with Crippen LogP contribution in [0.1, 0.15) is 13.8 Å². The van der Waals surface area contributed by atoms with Gasteiger partial charge in [-0.3, -0.25) is 0 Å². The molecule has 1 saturated heterocycles. The molecular weight excluding hydrogens is 196 g/mol. The number of rotatable bonds is 2. The van der Waals surface area contributed by atoms with E-state index in [2.05, 4.69) is 0 Å². The van der Waals surface area contributed by atoms with Crippen molar-refractivity contribution in [3.05, 3.63) is 23.8 Å². The Kier molecular flexibility index (Phi) is 2.47. The number of ether oxygens (including phenoxy) is 1. The van der Waals surface area contributed by atoms with Crippen molar-refractivity contribution in [1.82, 2.24) is 0 Å². The third-order valence-electron chi connectivity index (χ3n) is 2.60. The molecule has 84 valence electrons. The number of hydrogen-bond acceptors (Lipinski definition) is 4. The molecule has 0 amide bonds. The van der Waals surface area contributed by atoms with Crippen LogP contribution in [0, 0.1) is 0 Å². The standard InChI is InChI=1S/C11H16O4/c1-11(2,14)4-3-6-5-7(12)9-10(15-9)8(6)13/h3-5,7-10,12-14H,1-2H3/b4-3+/t7-,8+,9+,10-/m1/s1. The van der Waals surface area contributed by atoms with Gasteiger partial charge in [-0.05, 0) is 25.5 Å². The maximum Gasteiger partial charge on any atom is 0.117 e. The highest BCUT2D eigenvalue weighted by atomic mass is 16.6. The molecule has 1 fully saturated rings. The van der Waals surface area contributed by atoms with Crippen molar-refractivity contribution in [2.24, 2.45) is 0 Å². The van der Waals surface area contributed by atoms with Gasteiger partial charge in [0.25, 0.3) is 0 Å². The van der Waals surface area contributed by atoms with E-state index in [4.69, 9.17) is 4.74 Å². The normalized spacial score (nSPS) is 40.2. The number of aliphatic hydroxyl groups is 3. The summed E-state index contributed by atoms with van der Waals surface area (Å²) < 4.78 is 5.12. The Labute approximate surface area is 88.5 Å². The molecule has 0 aromatic carbocycles. The van der Waals surface area contributed by atoms with Crippen LogP contribution in [-0.4, -0.2) is 45.3 Å². The minimum Gasteiger partial charge on any atom is -0.386 e. The van der Waals surface area contributed by atoms with Gasteiger partial charge >= 0.3 is 0 Å². The quantitative estimate of drug-likeness (QED) is 0.551. The monoisotopic (exact) mass is 212 g/mol. The molecule has 3 N–H and O–H groups in total. The first kappa shape index (κ1) is 10.8. The molecule has 0 unspecified atom stereocenters. The summed E-state index contributed by atoms with van der Waals surface area (Å²) in [6.45, 7) is 3.29. The molecule has 0 bridgehead atoms. The first-order chi connectivity index (χ1) is 6.88.